The number of nitrogens with zero attached hydrogens (tertiary/aromatic N) is 1. The summed E-state index contributed by atoms with van der Waals surface area (Å²) in [5.41, 5.74) is 0.487. The van der Waals surface area contributed by atoms with Crippen molar-refractivity contribution in [3.63, 3.8) is 0 Å². The molecule has 1 aromatic carbocycles. The molecule has 21 heavy (non-hydrogen) atoms. The summed E-state index contributed by atoms with van der Waals surface area (Å²) in [6, 6.07) is 3.98. The number of likely N-dealkylation sites (tertiary alicyclic amines) is 1. The molecule has 114 valence electrons. The Labute approximate surface area is 127 Å². The van der Waals surface area contributed by atoms with Crippen molar-refractivity contribution in [2.75, 3.05) is 32.1 Å². The molecule has 0 bridgehead atoms. The molecule has 1 atom stereocenters. The van der Waals surface area contributed by atoms with E-state index < -0.39 is 5.97 Å². The van der Waals surface area contributed by atoms with E-state index in [2.05, 4.69) is 5.32 Å². The number of carboxylic acids is 1. The summed E-state index contributed by atoms with van der Waals surface area (Å²) in [4.78, 5) is 24.7. The topological polar surface area (TPSA) is 78.9 Å². The van der Waals surface area contributed by atoms with Crippen molar-refractivity contribution in [1.82, 2.24) is 4.90 Å². The van der Waals surface area contributed by atoms with Crippen LogP contribution >= 0.6 is 11.6 Å². The summed E-state index contributed by atoms with van der Waals surface area (Å²) >= 11 is 5.99. The smallest absolute Gasteiger partial charge is 0.335 e. The molecule has 2 rings (SSSR count). The minimum atomic E-state index is -1.06. The number of amides is 2. The van der Waals surface area contributed by atoms with Crippen molar-refractivity contribution in [3.8, 4) is 0 Å². The fourth-order valence-electron chi connectivity index (χ4n) is 2.33. The second-order valence-corrected chi connectivity index (χ2v) is 5.39. The lowest BCUT2D eigenvalue weighted by Crippen LogP contribution is -2.33. The van der Waals surface area contributed by atoms with Gasteiger partial charge in [-0.15, -0.1) is 0 Å². The van der Waals surface area contributed by atoms with Gasteiger partial charge in [-0.25, -0.2) is 9.59 Å². The number of anilines is 1. The molecule has 1 unspecified atom stereocenters. The Morgan fingerprint density at radius 3 is 2.90 bits per heavy atom. The van der Waals surface area contributed by atoms with Crippen LogP contribution in [0.3, 0.4) is 0 Å². The highest BCUT2D eigenvalue weighted by molar-refractivity contribution is 6.34. The molecule has 1 heterocycles. The highest BCUT2D eigenvalue weighted by atomic mass is 35.5. The summed E-state index contributed by atoms with van der Waals surface area (Å²) in [5, 5.41) is 11.8. The van der Waals surface area contributed by atoms with E-state index in [0.717, 1.165) is 6.42 Å². The maximum atomic E-state index is 12.1. The lowest BCUT2D eigenvalue weighted by atomic mass is 10.1. The van der Waals surface area contributed by atoms with Gasteiger partial charge in [0.2, 0.25) is 0 Å². The fraction of sp³-hybridized carbons (Fsp3) is 0.429. The van der Waals surface area contributed by atoms with E-state index >= 15 is 0 Å². The summed E-state index contributed by atoms with van der Waals surface area (Å²) < 4.78 is 5.09. The predicted octanol–water partition coefficient (Wildman–Crippen LogP) is 2.54. The van der Waals surface area contributed by atoms with E-state index in [9.17, 15) is 9.59 Å². The molecule has 0 aromatic heterocycles. The molecule has 0 radical (unpaired) electrons. The average Bonchev–Trinajstić information content (AvgIpc) is 2.90. The monoisotopic (exact) mass is 312 g/mol. The predicted molar refractivity (Wildman–Crippen MR) is 79.0 cm³/mol. The number of ether oxygens (including phenoxy) is 1. The van der Waals surface area contributed by atoms with Crippen molar-refractivity contribution in [2.24, 2.45) is 5.92 Å². The first kappa shape index (κ1) is 15.6. The number of rotatable bonds is 4. The van der Waals surface area contributed by atoms with E-state index in [1.165, 1.54) is 18.2 Å². The Morgan fingerprint density at radius 2 is 2.29 bits per heavy atom. The number of carbonyl (C=O) groups excluding carboxylic acids is 1. The SMILES string of the molecule is COCC1CCN(C(=O)Nc2ccc(C(=O)O)cc2Cl)C1. The zero-order valence-corrected chi connectivity index (χ0v) is 12.4. The number of benzene rings is 1. The van der Waals surface area contributed by atoms with Gasteiger partial charge in [-0.2, -0.15) is 0 Å². The van der Waals surface area contributed by atoms with Crippen LogP contribution in [0.4, 0.5) is 10.5 Å². The number of aromatic carboxylic acids is 1. The van der Waals surface area contributed by atoms with Crippen LogP contribution in [0.1, 0.15) is 16.8 Å². The summed E-state index contributed by atoms with van der Waals surface area (Å²) in [6.45, 7) is 1.95. The molecule has 2 amide bonds. The Balaban J connectivity index is 1.99. The minimum Gasteiger partial charge on any atom is -0.478 e. The first-order valence-electron chi connectivity index (χ1n) is 6.59. The zero-order valence-electron chi connectivity index (χ0n) is 11.6. The van der Waals surface area contributed by atoms with E-state index in [-0.39, 0.29) is 16.6 Å². The number of nitrogens with one attached hydrogen (secondary N) is 1. The molecule has 1 aliphatic rings. The quantitative estimate of drug-likeness (QED) is 0.895. The number of methoxy groups -OCH3 is 1. The first-order valence-corrected chi connectivity index (χ1v) is 6.96. The molecule has 1 fully saturated rings. The van der Waals surface area contributed by atoms with Gasteiger partial charge in [-0.05, 0) is 24.6 Å². The number of hydrogen-bond acceptors (Lipinski definition) is 3. The second kappa shape index (κ2) is 6.78. The third kappa shape index (κ3) is 3.86. The van der Waals surface area contributed by atoms with Crippen LogP contribution < -0.4 is 5.32 Å². The van der Waals surface area contributed by atoms with Crippen molar-refractivity contribution in [1.29, 1.82) is 0 Å². The molecule has 0 spiro atoms. The van der Waals surface area contributed by atoms with Gasteiger partial charge in [-0.3, -0.25) is 0 Å². The van der Waals surface area contributed by atoms with Gasteiger partial charge in [0.15, 0.2) is 0 Å². The van der Waals surface area contributed by atoms with Crippen molar-refractivity contribution in [2.45, 2.75) is 6.42 Å². The minimum absolute atomic E-state index is 0.0827. The summed E-state index contributed by atoms with van der Waals surface area (Å²) in [5.74, 6) is -0.706. The molecule has 6 nitrogen and oxygen atoms in total. The second-order valence-electron chi connectivity index (χ2n) is 4.99. The van der Waals surface area contributed by atoms with Gasteiger partial charge in [0.05, 0.1) is 22.9 Å². The molecule has 7 heteroatoms. The van der Waals surface area contributed by atoms with Crippen LogP contribution in [0.25, 0.3) is 0 Å². The third-order valence-corrected chi connectivity index (χ3v) is 3.75. The number of carboxylic acid groups (broad SMARTS) is 1. The molecule has 0 saturated carbocycles. The Kier molecular flexibility index (Phi) is 5.03. The lowest BCUT2D eigenvalue weighted by molar-refractivity contribution is 0.0697. The van der Waals surface area contributed by atoms with Gasteiger partial charge >= 0.3 is 12.0 Å². The third-order valence-electron chi connectivity index (χ3n) is 3.43. The normalized spacial score (nSPS) is 17.8. The lowest BCUT2D eigenvalue weighted by Gasteiger charge is -2.18. The summed E-state index contributed by atoms with van der Waals surface area (Å²) in [7, 11) is 1.65. The number of halogens is 1. The van der Waals surface area contributed by atoms with E-state index in [0.29, 0.717) is 31.3 Å². The van der Waals surface area contributed by atoms with Crippen LogP contribution in [0.15, 0.2) is 18.2 Å². The molecule has 1 aromatic rings. The number of carbonyl (C=O) groups is 2. The van der Waals surface area contributed by atoms with E-state index in [4.69, 9.17) is 21.4 Å². The molecule has 1 aliphatic heterocycles. The molecular weight excluding hydrogens is 296 g/mol. The Bertz CT molecular complexity index is 550. The van der Waals surface area contributed by atoms with Gasteiger partial charge < -0.3 is 20.1 Å². The first-order chi connectivity index (χ1) is 10.0. The van der Waals surface area contributed by atoms with Gasteiger partial charge in [0.25, 0.3) is 0 Å². The van der Waals surface area contributed by atoms with Crippen molar-refractivity contribution in [3.05, 3.63) is 28.8 Å². The highest BCUT2D eigenvalue weighted by Gasteiger charge is 2.26. The maximum absolute atomic E-state index is 12.1. The van der Waals surface area contributed by atoms with Crippen molar-refractivity contribution < 1.29 is 19.4 Å². The van der Waals surface area contributed by atoms with Crippen LogP contribution in [-0.4, -0.2) is 48.8 Å². The van der Waals surface area contributed by atoms with Gasteiger partial charge in [0.1, 0.15) is 0 Å². The highest BCUT2D eigenvalue weighted by Crippen LogP contribution is 2.24. The Hall–Kier alpha value is -1.79. The zero-order chi connectivity index (χ0) is 15.4. The van der Waals surface area contributed by atoms with Gasteiger partial charge in [-0.1, -0.05) is 11.6 Å². The molecule has 2 N–H and O–H groups in total. The summed E-state index contributed by atoms with van der Waals surface area (Å²) in [6.07, 6.45) is 0.910. The molecule has 0 aliphatic carbocycles. The standard InChI is InChI=1S/C14H17ClN2O4/c1-21-8-9-4-5-17(7-9)14(20)16-12-3-2-10(13(18)19)6-11(12)15/h2-3,6,9H,4-5,7-8H2,1H3,(H,16,20)(H,18,19). The largest absolute Gasteiger partial charge is 0.478 e. The Morgan fingerprint density at radius 1 is 1.52 bits per heavy atom. The van der Waals surface area contributed by atoms with Crippen LogP contribution in [0.5, 0.6) is 0 Å². The number of urea groups is 1. The van der Waals surface area contributed by atoms with Crippen LogP contribution in [0, 0.1) is 5.92 Å². The van der Waals surface area contributed by atoms with Crippen molar-refractivity contribution >= 4 is 29.3 Å². The fourth-order valence-corrected chi connectivity index (χ4v) is 2.56. The maximum Gasteiger partial charge on any atom is 0.335 e. The van der Waals surface area contributed by atoms with Gasteiger partial charge in [0, 0.05) is 26.1 Å². The molecule has 1 saturated heterocycles. The van der Waals surface area contributed by atoms with E-state index in [1.807, 2.05) is 0 Å². The van der Waals surface area contributed by atoms with E-state index in [1.54, 1.807) is 12.0 Å². The van der Waals surface area contributed by atoms with Crippen LogP contribution in [0.2, 0.25) is 5.02 Å². The number of hydrogen-bond donors (Lipinski definition) is 2. The van der Waals surface area contributed by atoms with Crippen LogP contribution in [-0.2, 0) is 4.74 Å². The average molecular weight is 313 g/mol. The molecular formula is C14H17ClN2O4.